The Labute approximate surface area is 130 Å². The van der Waals surface area contributed by atoms with E-state index in [1.54, 1.807) is 7.11 Å². The van der Waals surface area contributed by atoms with Crippen LogP contribution in [0.25, 0.3) is 0 Å². The monoisotopic (exact) mass is 308 g/mol. The number of β-amino-alcohol motifs (C(OH)–C–C–N with tert-alkyl or cyclic N) is 1. The van der Waals surface area contributed by atoms with E-state index in [2.05, 4.69) is 4.90 Å². The fourth-order valence-electron chi connectivity index (χ4n) is 2.62. The van der Waals surface area contributed by atoms with Crippen LogP contribution in [0.3, 0.4) is 0 Å². The first-order valence-corrected chi connectivity index (χ1v) is 7.55. The summed E-state index contributed by atoms with van der Waals surface area (Å²) >= 11 is 0. The van der Waals surface area contributed by atoms with Gasteiger partial charge in [0.25, 0.3) is 0 Å². The third-order valence-electron chi connectivity index (χ3n) is 3.96. The van der Waals surface area contributed by atoms with Gasteiger partial charge in [-0.3, -0.25) is 4.79 Å². The summed E-state index contributed by atoms with van der Waals surface area (Å²) in [6.07, 6.45) is 0.968. The summed E-state index contributed by atoms with van der Waals surface area (Å²) in [7, 11) is 1.61. The van der Waals surface area contributed by atoms with Crippen LogP contribution in [0.15, 0.2) is 24.3 Å². The Morgan fingerprint density at radius 3 is 2.45 bits per heavy atom. The predicted octanol–water partition coefficient (Wildman–Crippen LogP) is 0.632. The molecule has 0 radical (unpaired) electrons. The van der Waals surface area contributed by atoms with Crippen molar-refractivity contribution in [1.29, 1.82) is 0 Å². The molecule has 122 valence electrons. The molecule has 1 unspecified atom stereocenters. The van der Waals surface area contributed by atoms with Gasteiger partial charge in [0.2, 0.25) is 5.91 Å². The van der Waals surface area contributed by atoms with Crippen molar-refractivity contribution < 1.29 is 19.4 Å². The summed E-state index contributed by atoms with van der Waals surface area (Å²) in [4.78, 5) is 13.3. The standard InChI is InChI=1S/C16H24N2O4/c1-21-14-2-4-15(5-3-14)22-11-13(19)10-18-8-6-12(7-9-18)16(17)20/h2-5,12-13,19H,6-11H2,1H3,(H2,17,20). The number of amides is 1. The van der Waals surface area contributed by atoms with E-state index >= 15 is 0 Å². The number of piperidine rings is 1. The number of carbonyl (C=O) groups is 1. The number of nitrogens with two attached hydrogens (primary N) is 1. The van der Waals surface area contributed by atoms with Gasteiger partial charge in [-0.15, -0.1) is 0 Å². The molecule has 1 aliphatic rings. The highest BCUT2D eigenvalue weighted by Crippen LogP contribution is 2.18. The minimum absolute atomic E-state index is 0.0241. The number of hydrogen-bond donors (Lipinski definition) is 2. The van der Waals surface area contributed by atoms with E-state index in [1.165, 1.54) is 0 Å². The van der Waals surface area contributed by atoms with Gasteiger partial charge in [-0.1, -0.05) is 0 Å². The van der Waals surface area contributed by atoms with Crippen LogP contribution in [0, 0.1) is 5.92 Å². The highest BCUT2D eigenvalue weighted by Gasteiger charge is 2.24. The number of rotatable bonds is 7. The zero-order valence-electron chi connectivity index (χ0n) is 12.9. The molecule has 0 bridgehead atoms. The number of nitrogens with zero attached hydrogens (tertiary/aromatic N) is 1. The summed E-state index contributed by atoms with van der Waals surface area (Å²) in [5.41, 5.74) is 5.31. The van der Waals surface area contributed by atoms with Gasteiger partial charge in [-0.05, 0) is 50.2 Å². The number of likely N-dealkylation sites (tertiary alicyclic amines) is 1. The van der Waals surface area contributed by atoms with Crippen molar-refractivity contribution in [3.8, 4) is 11.5 Å². The van der Waals surface area contributed by atoms with Crippen LogP contribution in [0.2, 0.25) is 0 Å². The first-order valence-electron chi connectivity index (χ1n) is 7.55. The van der Waals surface area contributed by atoms with E-state index in [9.17, 15) is 9.90 Å². The van der Waals surface area contributed by atoms with Crippen LogP contribution >= 0.6 is 0 Å². The highest BCUT2D eigenvalue weighted by atomic mass is 16.5. The van der Waals surface area contributed by atoms with Crippen LogP contribution in [-0.2, 0) is 4.79 Å². The molecule has 1 saturated heterocycles. The summed E-state index contributed by atoms with van der Waals surface area (Å²) in [6, 6.07) is 7.25. The molecule has 0 spiro atoms. The fourth-order valence-corrected chi connectivity index (χ4v) is 2.62. The SMILES string of the molecule is COc1ccc(OCC(O)CN2CCC(C(N)=O)CC2)cc1. The number of aliphatic hydroxyl groups excluding tert-OH is 1. The molecular formula is C16H24N2O4. The lowest BCUT2D eigenvalue weighted by Gasteiger charge is -2.31. The van der Waals surface area contributed by atoms with E-state index in [-0.39, 0.29) is 18.4 Å². The number of primary amides is 1. The van der Waals surface area contributed by atoms with Crippen molar-refractivity contribution in [3.63, 3.8) is 0 Å². The summed E-state index contributed by atoms with van der Waals surface area (Å²) in [5, 5.41) is 10.1. The first kappa shape index (κ1) is 16.6. The van der Waals surface area contributed by atoms with Crippen molar-refractivity contribution in [2.45, 2.75) is 18.9 Å². The van der Waals surface area contributed by atoms with Crippen LogP contribution in [0.4, 0.5) is 0 Å². The van der Waals surface area contributed by atoms with E-state index < -0.39 is 6.10 Å². The summed E-state index contributed by atoms with van der Waals surface area (Å²) < 4.78 is 10.6. The Morgan fingerprint density at radius 2 is 1.91 bits per heavy atom. The number of aliphatic hydroxyl groups is 1. The topological polar surface area (TPSA) is 85.0 Å². The molecule has 1 atom stereocenters. The number of hydrogen-bond acceptors (Lipinski definition) is 5. The largest absolute Gasteiger partial charge is 0.497 e. The maximum absolute atomic E-state index is 11.1. The lowest BCUT2D eigenvalue weighted by atomic mass is 9.96. The summed E-state index contributed by atoms with van der Waals surface area (Å²) in [6.45, 7) is 2.35. The normalized spacial score (nSPS) is 17.9. The van der Waals surface area contributed by atoms with Crippen LogP contribution in [0.5, 0.6) is 11.5 Å². The lowest BCUT2D eigenvalue weighted by Crippen LogP contribution is -2.43. The van der Waals surface area contributed by atoms with Crippen LogP contribution < -0.4 is 15.2 Å². The molecule has 0 saturated carbocycles. The number of ether oxygens (including phenoxy) is 2. The Kier molecular flexibility index (Phi) is 6.03. The van der Waals surface area contributed by atoms with E-state index in [4.69, 9.17) is 15.2 Å². The lowest BCUT2D eigenvalue weighted by molar-refractivity contribution is -0.123. The average molecular weight is 308 g/mol. The molecule has 0 aliphatic carbocycles. The van der Waals surface area contributed by atoms with Gasteiger partial charge in [-0.2, -0.15) is 0 Å². The number of methoxy groups -OCH3 is 1. The van der Waals surface area contributed by atoms with Crippen LogP contribution in [-0.4, -0.2) is 55.4 Å². The van der Waals surface area contributed by atoms with E-state index in [0.29, 0.717) is 12.3 Å². The molecule has 22 heavy (non-hydrogen) atoms. The molecule has 1 heterocycles. The highest BCUT2D eigenvalue weighted by molar-refractivity contribution is 5.76. The van der Waals surface area contributed by atoms with Crippen molar-refractivity contribution in [2.24, 2.45) is 11.7 Å². The third-order valence-corrected chi connectivity index (χ3v) is 3.96. The van der Waals surface area contributed by atoms with Gasteiger partial charge in [0, 0.05) is 12.5 Å². The maximum atomic E-state index is 11.1. The zero-order chi connectivity index (χ0) is 15.9. The maximum Gasteiger partial charge on any atom is 0.220 e. The van der Waals surface area contributed by atoms with Gasteiger partial charge < -0.3 is 25.2 Å². The Morgan fingerprint density at radius 1 is 1.32 bits per heavy atom. The second-order valence-electron chi connectivity index (χ2n) is 5.62. The van der Waals surface area contributed by atoms with Gasteiger partial charge in [-0.25, -0.2) is 0 Å². The first-order chi connectivity index (χ1) is 10.6. The molecule has 1 aromatic carbocycles. The molecule has 6 nitrogen and oxygen atoms in total. The Balaban J connectivity index is 1.69. The Bertz CT molecular complexity index is 470. The fraction of sp³-hybridized carbons (Fsp3) is 0.562. The number of carbonyl (C=O) groups excluding carboxylic acids is 1. The molecule has 6 heteroatoms. The molecule has 1 aromatic rings. The predicted molar refractivity (Wildman–Crippen MR) is 82.9 cm³/mol. The third kappa shape index (κ3) is 4.89. The molecule has 3 N–H and O–H groups in total. The number of benzene rings is 1. The minimum atomic E-state index is -0.563. The van der Waals surface area contributed by atoms with Crippen molar-refractivity contribution in [1.82, 2.24) is 4.90 Å². The molecule has 1 aliphatic heterocycles. The zero-order valence-corrected chi connectivity index (χ0v) is 12.9. The smallest absolute Gasteiger partial charge is 0.220 e. The molecule has 0 aromatic heterocycles. The summed E-state index contributed by atoms with van der Waals surface area (Å²) in [5.74, 6) is 1.23. The second-order valence-corrected chi connectivity index (χ2v) is 5.62. The molecule has 1 amide bonds. The molecule has 2 rings (SSSR count). The quantitative estimate of drug-likeness (QED) is 0.772. The molecule has 1 fully saturated rings. The van der Waals surface area contributed by atoms with Crippen LogP contribution in [0.1, 0.15) is 12.8 Å². The van der Waals surface area contributed by atoms with Gasteiger partial charge >= 0.3 is 0 Å². The molecular weight excluding hydrogens is 284 g/mol. The average Bonchev–Trinajstić information content (AvgIpc) is 2.54. The van der Waals surface area contributed by atoms with E-state index in [0.717, 1.165) is 31.7 Å². The van der Waals surface area contributed by atoms with Gasteiger partial charge in [0.1, 0.15) is 24.2 Å². The Hall–Kier alpha value is -1.79. The van der Waals surface area contributed by atoms with E-state index in [1.807, 2.05) is 24.3 Å². The van der Waals surface area contributed by atoms with Crippen molar-refractivity contribution in [2.75, 3.05) is 33.4 Å². The van der Waals surface area contributed by atoms with Gasteiger partial charge in [0.05, 0.1) is 7.11 Å². The minimum Gasteiger partial charge on any atom is -0.497 e. The van der Waals surface area contributed by atoms with Gasteiger partial charge in [0.15, 0.2) is 0 Å². The second kappa shape index (κ2) is 8.00. The van der Waals surface area contributed by atoms with Crippen molar-refractivity contribution in [3.05, 3.63) is 24.3 Å². The van der Waals surface area contributed by atoms with Crippen molar-refractivity contribution >= 4 is 5.91 Å².